The lowest BCUT2D eigenvalue weighted by Gasteiger charge is -2.40. The molecule has 1 saturated heterocycles. The molecule has 1 aliphatic heterocycles. The molecule has 0 bridgehead atoms. The standard InChI is InChI=1S/C16H25BrN2O/c1-18-11-16(7-4-8-20-13-16)12-19(2)10-14-5-3-6-15(17)9-14/h3,5-6,9,18H,4,7-8,10-13H2,1-2H3. The Labute approximate surface area is 130 Å². The third-order valence-corrected chi connectivity index (χ3v) is 4.40. The van der Waals surface area contributed by atoms with E-state index < -0.39 is 0 Å². The lowest BCUT2D eigenvalue weighted by Crippen LogP contribution is -2.47. The lowest BCUT2D eigenvalue weighted by atomic mass is 9.82. The number of hydrogen-bond donors (Lipinski definition) is 1. The Balaban J connectivity index is 1.95. The van der Waals surface area contributed by atoms with E-state index in [1.807, 2.05) is 7.05 Å². The molecule has 112 valence electrons. The minimum Gasteiger partial charge on any atom is -0.381 e. The molecule has 0 spiro atoms. The van der Waals surface area contributed by atoms with Crippen LogP contribution in [0.4, 0.5) is 0 Å². The smallest absolute Gasteiger partial charge is 0.0546 e. The van der Waals surface area contributed by atoms with Gasteiger partial charge in [0.1, 0.15) is 0 Å². The van der Waals surface area contributed by atoms with Crippen molar-refractivity contribution < 1.29 is 4.74 Å². The summed E-state index contributed by atoms with van der Waals surface area (Å²) in [6, 6.07) is 8.54. The summed E-state index contributed by atoms with van der Waals surface area (Å²) in [5.74, 6) is 0. The van der Waals surface area contributed by atoms with Gasteiger partial charge >= 0.3 is 0 Å². The van der Waals surface area contributed by atoms with Gasteiger partial charge in [0.15, 0.2) is 0 Å². The minimum atomic E-state index is 0.258. The summed E-state index contributed by atoms with van der Waals surface area (Å²) >= 11 is 3.54. The summed E-state index contributed by atoms with van der Waals surface area (Å²) in [7, 11) is 4.23. The van der Waals surface area contributed by atoms with Crippen LogP contribution in [0.3, 0.4) is 0 Å². The summed E-state index contributed by atoms with van der Waals surface area (Å²) < 4.78 is 6.88. The summed E-state index contributed by atoms with van der Waals surface area (Å²) in [5, 5.41) is 3.34. The summed E-state index contributed by atoms with van der Waals surface area (Å²) in [6.07, 6.45) is 2.42. The number of hydrogen-bond acceptors (Lipinski definition) is 3. The van der Waals surface area contributed by atoms with Gasteiger partial charge in [-0.25, -0.2) is 0 Å². The first-order valence-electron chi connectivity index (χ1n) is 7.29. The topological polar surface area (TPSA) is 24.5 Å². The van der Waals surface area contributed by atoms with E-state index >= 15 is 0 Å². The van der Waals surface area contributed by atoms with Crippen LogP contribution >= 0.6 is 15.9 Å². The molecule has 0 radical (unpaired) electrons. The normalized spacial score (nSPS) is 23.2. The molecule has 1 aromatic rings. The Morgan fingerprint density at radius 3 is 2.95 bits per heavy atom. The van der Waals surface area contributed by atoms with Crippen molar-refractivity contribution in [2.24, 2.45) is 5.41 Å². The molecule has 1 atom stereocenters. The average molecular weight is 341 g/mol. The average Bonchev–Trinajstić information content (AvgIpc) is 2.39. The predicted molar refractivity (Wildman–Crippen MR) is 86.9 cm³/mol. The number of rotatable bonds is 6. The molecule has 20 heavy (non-hydrogen) atoms. The van der Waals surface area contributed by atoms with Crippen LogP contribution in [0.1, 0.15) is 18.4 Å². The summed E-state index contributed by atoms with van der Waals surface area (Å²) in [4.78, 5) is 2.41. The monoisotopic (exact) mass is 340 g/mol. The first-order chi connectivity index (χ1) is 9.63. The number of halogens is 1. The van der Waals surface area contributed by atoms with Gasteiger partial charge in [-0.2, -0.15) is 0 Å². The molecule has 1 heterocycles. The maximum Gasteiger partial charge on any atom is 0.0546 e. The van der Waals surface area contributed by atoms with Crippen molar-refractivity contribution in [2.75, 3.05) is 40.4 Å². The van der Waals surface area contributed by atoms with Crippen LogP contribution in [0, 0.1) is 5.41 Å². The fourth-order valence-corrected chi connectivity index (χ4v) is 3.63. The highest BCUT2D eigenvalue weighted by Crippen LogP contribution is 2.29. The SMILES string of the molecule is CNCC1(CN(C)Cc2cccc(Br)c2)CCCOC1. The van der Waals surface area contributed by atoms with Gasteiger partial charge < -0.3 is 15.0 Å². The molecule has 1 fully saturated rings. The second kappa shape index (κ2) is 7.55. The van der Waals surface area contributed by atoms with Crippen LogP contribution in [0.5, 0.6) is 0 Å². The molecular weight excluding hydrogens is 316 g/mol. The first kappa shape index (κ1) is 16.0. The molecule has 0 aliphatic carbocycles. The van der Waals surface area contributed by atoms with Crippen molar-refractivity contribution >= 4 is 15.9 Å². The second-order valence-corrected chi connectivity index (χ2v) is 6.90. The maximum atomic E-state index is 5.73. The summed E-state index contributed by atoms with van der Waals surface area (Å²) in [6.45, 7) is 4.86. The second-order valence-electron chi connectivity index (χ2n) is 5.99. The van der Waals surface area contributed by atoms with E-state index in [9.17, 15) is 0 Å². The number of nitrogens with one attached hydrogen (secondary N) is 1. The molecular formula is C16H25BrN2O. The van der Waals surface area contributed by atoms with Crippen LogP contribution in [0.15, 0.2) is 28.7 Å². The van der Waals surface area contributed by atoms with E-state index in [-0.39, 0.29) is 5.41 Å². The van der Waals surface area contributed by atoms with Crippen LogP contribution in [0.2, 0.25) is 0 Å². The highest BCUT2D eigenvalue weighted by atomic mass is 79.9. The van der Waals surface area contributed by atoms with Crippen molar-refractivity contribution in [3.63, 3.8) is 0 Å². The van der Waals surface area contributed by atoms with Gasteiger partial charge in [0.05, 0.1) is 6.61 Å². The summed E-state index contributed by atoms with van der Waals surface area (Å²) in [5.41, 5.74) is 1.60. The van der Waals surface area contributed by atoms with E-state index in [2.05, 4.69) is 57.5 Å². The van der Waals surface area contributed by atoms with Crippen molar-refractivity contribution in [1.29, 1.82) is 0 Å². The zero-order valence-electron chi connectivity index (χ0n) is 12.5. The van der Waals surface area contributed by atoms with E-state index in [4.69, 9.17) is 4.74 Å². The Morgan fingerprint density at radius 1 is 1.45 bits per heavy atom. The zero-order chi connectivity index (χ0) is 14.4. The maximum absolute atomic E-state index is 5.73. The van der Waals surface area contributed by atoms with E-state index in [1.165, 1.54) is 18.4 Å². The van der Waals surface area contributed by atoms with Crippen molar-refractivity contribution in [1.82, 2.24) is 10.2 Å². The van der Waals surface area contributed by atoms with Gasteiger partial charge in [-0.1, -0.05) is 28.1 Å². The van der Waals surface area contributed by atoms with Gasteiger partial charge in [-0.3, -0.25) is 0 Å². The largest absolute Gasteiger partial charge is 0.381 e. The van der Waals surface area contributed by atoms with E-state index in [1.54, 1.807) is 0 Å². The van der Waals surface area contributed by atoms with Gasteiger partial charge in [0.2, 0.25) is 0 Å². The highest BCUT2D eigenvalue weighted by Gasteiger charge is 2.33. The van der Waals surface area contributed by atoms with Crippen LogP contribution in [-0.4, -0.2) is 45.3 Å². The Bertz CT molecular complexity index is 413. The third kappa shape index (κ3) is 4.55. The third-order valence-electron chi connectivity index (χ3n) is 3.90. The Morgan fingerprint density at radius 2 is 2.30 bits per heavy atom. The number of ether oxygens (including phenoxy) is 1. The number of benzene rings is 1. The van der Waals surface area contributed by atoms with Crippen molar-refractivity contribution in [3.8, 4) is 0 Å². The fraction of sp³-hybridized carbons (Fsp3) is 0.625. The van der Waals surface area contributed by atoms with E-state index in [0.717, 1.165) is 37.3 Å². The lowest BCUT2D eigenvalue weighted by molar-refractivity contribution is -0.0228. The van der Waals surface area contributed by atoms with Crippen molar-refractivity contribution in [2.45, 2.75) is 19.4 Å². The molecule has 4 heteroatoms. The van der Waals surface area contributed by atoms with Crippen LogP contribution in [-0.2, 0) is 11.3 Å². The molecule has 0 aromatic heterocycles. The van der Waals surface area contributed by atoms with Gasteiger partial charge in [-0.15, -0.1) is 0 Å². The molecule has 1 aliphatic rings. The Hall–Kier alpha value is -0.420. The zero-order valence-corrected chi connectivity index (χ0v) is 14.1. The molecule has 0 saturated carbocycles. The van der Waals surface area contributed by atoms with Gasteiger partial charge in [0, 0.05) is 36.1 Å². The molecule has 2 rings (SSSR count). The predicted octanol–water partition coefficient (Wildman–Crippen LogP) is 2.90. The van der Waals surface area contributed by atoms with E-state index in [0.29, 0.717) is 0 Å². The molecule has 1 N–H and O–H groups in total. The molecule has 0 amide bonds. The van der Waals surface area contributed by atoms with Crippen molar-refractivity contribution in [3.05, 3.63) is 34.3 Å². The minimum absolute atomic E-state index is 0.258. The quantitative estimate of drug-likeness (QED) is 0.861. The van der Waals surface area contributed by atoms with Gasteiger partial charge in [0.25, 0.3) is 0 Å². The number of nitrogens with zero attached hydrogens (tertiary/aromatic N) is 1. The van der Waals surface area contributed by atoms with Crippen LogP contribution in [0.25, 0.3) is 0 Å². The van der Waals surface area contributed by atoms with Gasteiger partial charge in [-0.05, 0) is 44.6 Å². The molecule has 1 unspecified atom stereocenters. The highest BCUT2D eigenvalue weighted by molar-refractivity contribution is 9.10. The molecule has 3 nitrogen and oxygen atoms in total. The Kier molecular flexibility index (Phi) is 6.02. The van der Waals surface area contributed by atoms with Crippen LogP contribution < -0.4 is 5.32 Å². The first-order valence-corrected chi connectivity index (χ1v) is 8.08. The fourth-order valence-electron chi connectivity index (χ4n) is 3.18. The molecule has 1 aromatic carbocycles.